The first-order valence-electron chi connectivity index (χ1n) is 40.4. The molecule has 0 aliphatic carbocycles. The summed E-state index contributed by atoms with van der Waals surface area (Å²) in [4.78, 5) is 18.6. The van der Waals surface area contributed by atoms with Crippen LogP contribution in [0.4, 0.5) is 0 Å². The summed E-state index contributed by atoms with van der Waals surface area (Å²) in [5, 5.41) is 51.8. The lowest BCUT2D eigenvalue weighted by Crippen LogP contribution is -2.05. The minimum absolute atomic E-state index is 0.333. The van der Waals surface area contributed by atoms with Gasteiger partial charge in [-0.25, -0.2) is 38.7 Å². The van der Waals surface area contributed by atoms with Gasteiger partial charge in [0.2, 0.25) is 0 Å². The van der Waals surface area contributed by atoms with Crippen LogP contribution in [0.5, 0.6) is 0 Å². The molecule has 0 radical (unpaired) electrons. The van der Waals surface area contributed by atoms with E-state index in [2.05, 4.69) is 110 Å². The first kappa shape index (κ1) is 79.4. The van der Waals surface area contributed by atoms with E-state index < -0.39 is 0 Å². The summed E-state index contributed by atoms with van der Waals surface area (Å²) < 4.78 is 60.4. The van der Waals surface area contributed by atoms with Crippen LogP contribution in [-0.2, 0) is 84.3 Å². The molecule has 0 atom stereocenters. The molecule has 6 aromatic carbocycles. The van der Waals surface area contributed by atoms with Gasteiger partial charge in [0.25, 0.3) is 0 Å². The van der Waals surface area contributed by atoms with Gasteiger partial charge < -0.3 is 37.0 Å². The van der Waals surface area contributed by atoms with E-state index >= 15 is 0 Å². The molecule has 32 nitrogen and oxygen atoms in total. The average molecular weight is 1670 g/mol. The van der Waals surface area contributed by atoms with Gasteiger partial charge in [0.05, 0.1) is 142 Å². The predicted octanol–water partition coefficient (Wildman–Crippen LogP) is 13.7. The molecule has 126 heavy (non-hydrogen) atoms. The van der Waals surface area contributed by atoms with Gasteiger partial charge in [-0.15, -0.1) is 46.1 Å². The molecule has 0 saturated heterocycles. The number of hydrogen-bond acceptors (Lipinski definition) is 24. The molecular weight excluding hydrogens is 1590 g/mol. The molecule has 0 unspecified atom stereocenters. The van der Waals surface area contributed by atoms with Crippen LogP contribution in [0.25, 0.3) is 91.2 Å². The van der Waals surface area contributed by atoms with E-state index in [4.69, 9.17) is 62.7 Å². The van der Waals surface area contributed by atoms with E-state index in [9.17, 15) is 0 Å². The van der Waals surface area contributed by atoms with E-state index in [0.717, 1.165) is 193 Å². The summed E-state index contributed by atoms with van der Waals surface area (Å²) in [6, 6.07) is 50.9. The smallest absolute Gasteiger partial charge is 0.187 e. The van der Waals surface area contributed by atoms with Gasteiger partial charge in [-0.3, -0.25) is 18.3 Å². The second kappa shape index (κ2) is 34.3. The van der Waals surface area contributed by atoms with Crippen LogP contribution >= 0.6 is 0 Å². The van der Waals surface area contributed by atoms with Crippen LogP contribution < -0.4 is 0 Å². The van der Waals surface area contributed by atoms with Crippen molar-refractivity contribution in [1.82, 2.24) is 119 Å². The number of nitrogens with zero attached hydrogens (tertiary/aromatic N) is 24. The second-order valence-electron chi connectivity index (χ2n) is 29.9. The lowest BCUT2D eigenvalue weighted by atomic mass is 10.1. The molecule has 4 aliphatic rings. The zero-order valence-corrected chi connectivity index (χ0v) is 69.1. The SMILES string of the molecule is C#Cc1ccc2c(c1)-n1nnc(COCC)c1Cc1c(-c3cc(C)no3)ncn1-2.C#Cc1ccc2c(c1)-n1nnc(COCC)c1Cc1c(-c3cc(C)on3)ncn1-2.C#Cc1ccc2c(c1)-n1nnc(COCc3ccccc3)c1Cc1c(-c3cc(C)no3)ncn1-2.C#Cc1ccc2c(c1)-n1nnc(COCc3ccccc3)c1Cc1c(-c3cc(C)on3)ncn1-2. The Morgan fingerprint density at radius 3 is 0.897 bits per heavy atom. The molecule has 18 aromatic rings. The van der Waals surface area contributed by atoms with Crippen LogP contribution in [0.2, 0.25) is 0 Å². The third-order valence-electron chi connectivity index (χ3n) is 21.7. The topological polar surface area (TPSA) is 335 Å². The average Bonchev–Trinajstić information content (AvgIpc) is 1.61. The predicted molar refractivity (Wildman–Crippen MR) is 458 cm³/mol. The zero-order chi connectivity index (χ0) is 86.1. The molecule has 0 bridgehead atoms. The Labute approximate surface area is 720 Å². The number of imidazole rings is 4. The highest BCUT2D eigenvalue weighted by atomic mass is 16.5. The summed E-state index contributed by atoms with van der Waals surface area (Å²) >= 11 is 0. The highest BCUT2D eigenvalue weighted by Crippen LogP contribution is 2.40. The van der Waals surface area contributed by atoms with Crippen molar-refractivity contribution in [3.8, 4) is 141 Å². The Hall–Kier alpha value is -16.4. The molecule has 12 aromatic heterocycles. The van der Waals surface area contributed by atoms with Crippen molar-refractivity contribution < 1.29 is 37.0 Å². The van der Waals surface area contributed by atoms with E-state index in [-0.39, 0.29) is 0 Å². The van der Waals surface area contributed by atoms with Crippen LogP contribution in [0.15, 0.2) is 201 Å². The van der Waals surface area contributed by atoms with Crippen LogP contribution in [0.3, 0.4) is 0 Å². The van der Waals surface area contributed by atoms with Crippen molar-refractivity contribution in [1.29, 1.82) is 0 Å². The molecule has 0 saturated carbocycles. The van der Waals surface area contributed by atoms with Crippen LogP contribution in [0, 0.1) is 77.1 Å². The first-order valence-corrected chi connectivity index (χ1v) is 40.4. The molecule has 0 fully saturated rings. The Balaban J connectivity index is 0.000000110. The fraction of sp³-hybridized carbons (Fsp3) is 0.191. The number of aryl methyl sites for hydroxylation is 4. The number of fused-ring (bicyclic) bond motifs is 20. The number of rotatable bonds is 18. The summed E-state index contributed by atoms with van der Waals surface area (Å²) in [5.41, 5.74) is 29.0. The fourth-order valence-electron chi connectivity index (χ4n) is 15.7. The maximum atomic E-state index is 5.99. The molecule has 0 amide bonds. The maximum absolute atomic E-state index is 5.99. The van der Waals surface area contributed by atoms with Gasteiger partial charge >= 0.3 is 0 Å². The van der Waals surface area contributed by atoms with Crippen molar-refractivity contribution >= 4 is 0 Å². The minimum Gasteiger partial charge on any atom is -0.375 e. The van der Waals surface area contributed by atoms with Gasteiger partial charge in [-0.2, -0.15) is 0 Å². The van der Waals surface area contributed by atoms with Gasteiger partial charge in [0.1, 0.15) is 93.8 Å². The number of ether oxygens (including phenoxy) is 4. The molecule has 0 N–H and O–H groups in total. The summed E-state index contributed by atoms with van der Waals surface area (Å²) in [6.07, 6.45) is 32.0. The van der Waals surface area contributed by atoms with Crippen molar-refractivity contribution in [2.45, 2.75) is 107 Å². The zero-order valence-electron chi connectivity index (χ0n) is 69.1. The number of hydrogen-bond donors (Lipinski definition) is 0. The highest BCUT2D eigenvalue weighted by molar-refractivity contribution is 5.70. The van der Waals surface area contributed by atoms with Crippen molar-refractivity contribution in [3.05, 3.63) is 308 Å². The highest BCUT2D eigenvalue weighted by Gasteiger charge is 2.34. The second-order valence-corrected chi connectivity index (χ2v) is 29.9. The van der Waals surface area contributed by atoms with E-state index in [1.807, 2.05) is 232 Å². The van der Waals surface area contributed by atoms with Crippen LogP contribution in [0.1, 0.15) is 138 Å². The Morgan fingerprint density at radius 2 is 0.619 bits per heavy atom. The normalized spacial score (nSPS) is 12.0. The molecule has 22 rings (SSSR count). The van der Waals surface area contributed by atoms with Gasteiger partial charge in [0.15, 0.2) is 11.5 Å². The van der Waals surface area contributed by atoms with Crippen molar-refractivity contribution in [2.75, 3.05) is 13.2 Å². The number of terminal acetylenes is 4. The van der Waals surface area contributed by atoms with Gasteiger partial charge in [-0.1, -0.05) is 126 Å². The van der Waals surface area contributed by atoms with E-state index in [0.29, 0.717) is 101 Å². The lowest BCUT2D eigenvalue weighted by Gasteiger charge is -2.10. The lowest BCUT2D eigenvalue weighted by molar-refractivity contribution is 0.104. The molecule has 620 valence electrons. The largest absolute Gasteiger partial charge is 0.375 e. The summed E-state index contributed by atoms with van der Waals surface area (Å²) in [5.74, 6) is 13.5. The van der Waals surface area contributed by atoms with Crippen LogP contribution in [-0.4, -0.2) is 132 Å². The van der Waals surface area contributed by atoms with Gasteiger partial charge in [0, 0.05) is 85.4 Å². The molecule has 0 spiro atoms. The Morgan fingerprint density at radius 1 is 0.317 bits per heavy atom. The third kappa shape index (κ3) is 15.2. The number of benzene rings is 6. The Kier molecular flexibility index (Phi) is 21.6. The van der Waals surface area contributed by atoms with E-state index in [1.165, 1.54) is 0 Å². The molecule has 32 heteroatoms. The summed E-state index contributed by atoms with van der Waals surface area (Å²) in [6.45, 7) is 15.0. The monoisotopic (exact) mass is 1670 g/mol. The standard InChI is InChI=1S/2C26H20N6O2.2C21H18N6O2/c1-3-18-9-10-21-23(12-18)32-22(20(28-30-32)15-33-14-19-7-5-4-6-8-19)13-24-26(27-16-31(21)24)25-11-17(2)29-34-25;1-3-18-9-10-22-24(12-18)32-23(21(28-30-32)15-33-14-19-7-5-4-6-8-19)13-25-26(27-16-31(22)25)20-11-17(2)34-29-20;1-4-14-6-7-16-18(9-14)27-17(15(23-25-27)11-28-5-2)10-19-21(22-12-26(16)19)20-8-13(3)24-29-20;1-4-14-6-7-17-19(9-14)27-18(16(23-25-27)11-28-5-2)10-20-21(22-12-26(17)20)15-8-13(3)29-24-15/h2*1,4-12,16H,13-15H2,2H3;2*1,6-9,12H,5,10-11H2,2-3H3. The van der Waals surface area contributed by atoms with E-state index in [1.54, 1.807) is 25.3 Å². The Bertz CT molecular complexity index is 6870. The van der Waals surface area contributed by atoms with Crippen molar-refractivity contribution in [2.24, 2.45) is 0 Å². The molecule has 4 aliphatic heterocycles. The molecule has 16 heterocycles. The minimum atomic E-state index is 0.333. The maximum Gasteiger partial charge on any atom is 0.187 e. The van der Waals surface area contributed by atoms with Gasteiger partial charge in [-0.05, 0) is 125 Å². The number of aromatic nitrogens is 24. The molecular formula is C94H76N24O8. The fourth-order valence-corrected chi connectivity index (χ4v) is 15.7. The summed E-state index contributed by atoms with van der Waals surface area (Å²) in [7, 11) is 0. The van der Waals surface area contributed by atoms with Crippen molar-refractivity contribution in [3.63, 3.8) is 0 Å². The first-order chi connectivity index (χ1) is 61.8. The third-order valence-corrected chi connectivity index (χ3v) is 21.7. The quantitative estimate of drug-likeness (QED) is 0.0720.